The van der Waals surface area contributed by atoms with Gasteiger partial charge in [0.25, 0.3) is 0 Å². The van der Waals surface area contributed by atoms with Crippen molar-refractivity contribution in [2.24, 2.45) is 0 Å². The van der Waals surface area contributed by atoms with Crippen LogP contribution in [-0.4, -0.2) is 33.7 Å². The molecule has 0 saturated carbocycles. The summed E-state index contributed by atoms with van der Waals surface area (Å²) in [5.41, 5.74) is 1.58. The lowest BCUT2D eigenvalue weighted by Gasteiger charge is -2.18. The first kappa shape index (κ1) is 12.8. The Hall–Kier alpha value is -1.26. The fourth-order valence-electron chi connectivity index (χ4n) is 1.32. The first-order valence-electron chi connectivity index (χ1n) is 4.80. The van der Waals surface area contributed by atoms with Gasteiger partial charge in [0.15, 0.2) is 0 Å². The van der Waals surface area contributed by atoms with E-state index in [0.29, 0.717) is 10.7 Å². The highest BCUT2D eigenvalue weighted by molar-refractivity contribution is 6.31. The molecule has 5 heteroatoms. The summed E-state index contributed by atoms with van der Waals surface area (Å²) in [6, 6.07) is 5.35. The van der Waals surface area contributed by atoms with Crippen molar-refractivity contribution < 1.29 is 9.53 Å². The molecule has 16 heavy (non-hydrogen) atoms. The second-order valence-electron chi connectivity index (χ2n) is 3.54. The number of carbonyl (C=O) groups is 1. The molecule has 0 radical (unpaired) electrons. The molecular weight excluding hydrogens is 228 g/mol. The normalized spacial score (nSPS) is 10.0. The molecule has 88 valence electrons. The zero-order valence-corrected chi connectivity index (χ0v) is 10.3. The van der Waals surface area contributed by atoms with Gasteiger partial charge in [0.1, 0.15) is 6.61 Å². The average molecular weight is 243 g/mol. The number of carbonyl (C=O) groups excluding carboxylic acids is 1. The molecule has 1 rings (SSSR count). The lowest BCUT2D eigenvalue weighted by atomic mass is 10.2. The first-order valence-corrected chi connectivity index (χ1v) is 5.18. The molecule has 0 spiro atoms. The Labute approximate surface area is 100 Å². The number of hydrogen-bond donors (Lipinski definition) is 1. The molecule has 1 aromatic carbocycles. The molecular formula is C11H15ClN2O2. The van der Waals surface area contributed by atoms with Gasteiger partial charge in [-0.2, -0.15) is 0 Å². The van der Waals surface area contributed by atoms with Gasteiger partial charge in [-0.1, -0.05) is 11.6 Å². The molecule has 0 aliphatic carbocycles. The summed E-state index contributed by atoms with van der Waals surface area (Å²) in [6.45, 7) is 0.0272. The highest BCUT2D eigenvalue weighted by atomic mass is 35.5. The molecule has 1 amide bonds. The molecule has 4 nitrogen and oxygen atoms in total. The molecule has 0 saturated heterocycles. The van der Waals surface area contributed by atoms with Crippen molar-refractivity contribution >= 4 is 28.9 Å². The molecule has 0 atom stereocenters. The third kappa shape index (κ3) is 3.40. The molecule has 0 heterocycles. The van der Waals surface area contributed by atoms with E-state index in [9.17, 15) is 4.79 Å². The van der Waals surface area contributed by atoms with E-state index >= 15 is 0 Å². The van der Waals surface area contributed by atoms with Gasteiger partial charge in [-0.3, -0.25) is 4.79 Å². The van der Waals surface area contributed by atoms with Crippen molar-refractivity contribution in [2.75, 3.05) is 38.0 Å². The van der Waals surface area contributed by atoms with Gasteiger partial charge in [0.05, 0.1) is 11.4 Å². The molecule has 0 unspecified atom stereocenters. The minimum Gasteiger partial charge on any atom is -0.376 e. The van der Waals surface area contributed by atoms with Gasteiger partial charge in [-0.15, -0.1) is 0 Å². The van der Waals surface area contributed by atoms with Crippen molar-refractivity contribution in [1.82, 2.24) is 0 Å². The van der Waals surface area contributed by atoms with Crippen LogP contribution in [0.2, 0.25) is 5.02 Å². The van der Waals surface area contributed by atoms with Gasteiger partial charge >= 0.3 is 0 Å². The third-order valence-electron chi connectivity index (χ3n) is 1.99. The minimum absolute atomic E-state index is 0.0272. The summed E-state index contributed by atoms with van der Waals surface area (Å²) >= 11 is 5.88. The van der Waals surface area contributed by atoms with Crippen LogP contribution in [0.5, 0.6) is 0 Å². The quantitative estimate of drug-likeness (QED) is 0.878. The van der Waals surface area contributed by atoms with E-state index in [1.807, 2.05) is 25.1 Å². The van der Waals surface area contributed by atoms with Gasteiger partial charge in [0, 0.05) is 26.2 Å². The average Bonchev–Trinajstić information content (AvgIpc) is 2.17. The monoisotopic (exact) mass is 242 g/mol. The van der Waals surface area contributed by atoms with Crippen molar-refractivity contribution in [2.45, 2.75) is 0 Å². The van der Waals surface area contributed by atoms with Crippen LogP contribution in [0.25, 0.3) is 0 Å². The summed E-state index contributed by atoms with van der Waals surface area (Å²) in [4.78, 5) is 13.3. The maximum Gasteiger partial charge on any atom is 0.250 e. The number of nitrogens with one attached hydrogen (secondary N) is 1. The van der Waals surface area contributed by atoms with Crippen LogP contribution in [0, 0.1) is 0 Å². The summed E-state index contributed by atoms with van der Waals surface area (Å²) in [6.07, 6.45) is 0. The van der Waals surface area contributed by atoms with Crippen LogP contribution in [0.4, 0.5) is 11.4 Å². The van der Waals surface area contributed by atoms with E-state index in [2.05, 4.69) is 5.32 Å². The van der Waals surface area contributed by atoms with Crippen molar-refractivity contribution in [3.05, 3.63) is 23.2 Å². The zero-order valence-electron chi connectivity index (χ0n) is 9.58. The summed E-state index contributed by atoms with van der Waals surface area (Å²) in [5.74, 6) is -0.201. The van der Waals surface area contributed by atoms with Gasteiger partial charge in [-0.25, -0.2) is 0 Å². The van der Waals surface area contributed by atoms with Crippen LogP contribution in [0.15, 0.2) is 18.2 Å². The van der Waals surface area contributed by atoms with Crippen LogP contribution < -0.4 is 10.2 Å². The van der Waals surface area contributed by atoms with Gasteiger partial charge < -0.3 is 15.0 Å². The van der Waals surface area contributed by atoms with Gasteiger partial charge in [0.2, 0.25) is 5.91 Å². The Morgan fingerprint density at radius 3 is 2.75 bits per heavy atom. The summed E-state index contributed by atoms with van der Waals surface area (Å²) in [5, 5.41) is 3.33. The molecule has 1 aromatic rings. The Morgan fingerprint density at radius 1 is 1.50 bits per heavy atom. The standard InChI is InChI=1S/C11H15ClN2O2/c1-14(2)10-5-4-8(12)6-9(10)13-11(15)7-16-3/h4-6H,7H2,1-3H3,(H,13,15). The number of amides is 1. The van der Waals surface area contributed by atoms with E-state index in [1.165, 1.54) is 7.11 Å². The minimum atomic E-state index is -0.201. The van der Waals surface area contributed by atoms with Crippen LogP contribution >= 0.6 is 11.6 Å². The number of ether oxygens (including phenoxy) is 1. The largest absolute Gasteiger partial charge is 0.376 e. The maximum absolute atomic E-state index is 11.4. The summed E-state index contributed by atoms with van der Waals surface area (Å²) < 4.78 is 4.75. The first-order chi connectivity index (χ1) is 7.54. The van der Waals surface area contributed by atoms with E-state index < -0.39 is 0 Å². The molecule has 0 aliphatic rings. The summed E-state index contributed by atoms with van der Waals surface area (Å²) in [7, 11) is 5.27. The smallest absolute Gasteiger partial charge is 0.250 e. The van der Waals surface area contributed by atoms with Crippen LogP contribution in [0.1, 0.15) is 0 Å². The fraction of sp³-hybridized carbons (Fsp3) is 0.364. The van der Waals surface area contributed by atoms with Crippen molar-refractivity contribution in [1.29, 1.82) is 0 Å². The van der Waals surface area contributed by atoms with E-state index in [4.69, 9.17) is 16.3 Å². The molecule has 1 N–H and O–H groups in total. The predicted octanol–water partition coefficient (Wildman–Crippen LogP) is 1.99. The molecule has 0 bridgehead atoms. The number of hydrogen-bond acceptors (Lipinski definition) is 3. The third-order valence-corrected chi connectivity index (χ3v) is 2.23. The lowest BCUT2D eigenvalue weighted by Crippen LogP contribution is -2.19. The fourth-order valence-corrected chi connectivity index (χ4v) is 1.49. The number of nitrogens with zero attached hydrogens (tertiary/aromatic N) is 1. The molecule has 0 aromatic heterocycles. The maximum atomic E-state index is 11.4. The lowest BCUT2D eigenvalue weighted by molar-refractivity contribution is -0.119. The number of halogens is 1. The van der Waals surface area contributed by atoms with E-state index in [1.54, 1.807) is 12.1 Å². The number of anilines is 2. The van der Waals surface area contributed by atoms with Crippen LogP contribution in [-0.2, 0) is 9.53 Å². The second kappa shape index (κ2) is 5.72. The number of rotatable bonds is 4. The predicted molar refractivity (Wildman–Crippen MR) is 66.3 cm³/mol. The Kier molecular flexibility index (Phi) is 4.58. The van der Waals surface area contributed by atoms with Crippen molar-refractivity contribution in [3.63, 3.8) is 0 Å². The SMILES string of the molecule is COCC(=O)Nc1cc(Cl)ccc1N(C)C. The Balaban J connectivity index is 2.92. The zero-order chi connectivity index (χ0) is 12.1. The number of methoxy groups -OCH3 is 1. The topological polar surface area (TPSA) is 41.6 Å². The molecule has 0 fully saturated rings. The van der Waals surface area contributed by atoms with E-state index in [0.717, 1.165) is 5.69 Å². The molecule has 0 aliphatic heterocycles. The second-order valence-corrected chi connectivity index (χ2v) is 3.97. The van der Waals surface area contributed by atoms with Crippen molar-refractivity contribution in [3.8, 4) is 0 Å². The van der Waals surface area contributed by atoms with Gasteiger partial charge in [-0.05, 0) is 18.2 Å². The van der Waals surface area contributed by atoms with Crippen LogP contribution in [0.3, 0.4) is 0 Å². The Morgan fingerprint density at radius 2 is 2.19 bits per heavy atom. The van der Waals surface area contributed by atoms with E-state index in [-0.39, 0.29) is 12.5 Å². The Bertz CT molecular complexity index is 380. The highest BCUT2D eigenvalue weighted by Gasteiger charge is 2.08. The highest BCUT2D eigenvalue weighted by Crippen LogP contribution is 2.27. The number of benzene rings is 1.